The van der Waals surface area contributed by atoms with Crippen molar-refractivity contribution in [1.29, 1.82) is 0 Å². The van der Waals surface area contributed by atoms with Gasteiger partial charge in [0.05, 0.1) is 0 Å². The largest absolute Gasteiger partial charge is 0.418 e. The molecule has 0 aliphatic heterocycles. The quantitative estimate of drug-likeness (QED) is 0.425. The highest BCUT2D eigenvalue weighted by molar-refractivity contribution is 6.79. The molecule has 9 heavy (non-hydrogen) atoms. The highest BCUT2D eigenvalue weighted by Crippen LogP contribution is 2.04. The van der Waals surface area contributed by atoms with E-state index in [4.69, 9.17) is 4.43 Å². The van der Waals surface area contributed by atoms with Crippen molar-refractivity contribution in [3.8, 4) is 0 Å². The van der Waals surface area contributed by atoms with E-state index in [9.17, 15) is 0 Å². The Hall–Kier alpha value is 0.828. The molecule has 0 aromatic carbocycles. The Morgan fingerprint density at radius 2 is 2.00 bits per heavy atom. The minimum absolute atomic E-state index is 0.227. The normalized spacial score (nSPS) is 12.0. The Bertz CT molecular complexity index is 69.5. The van der Waals surface area contributed by atoms with Crippen molar-refractivity contribution in [2.75, 3.05) is 6.61 Å². The molecule has 0 aliphatic rings. The van der Waals surface area contributed by atoms with E-state index in [-0.39, 0.29) is 3.91 Å². The van der Waals surface area contributed by atoms with Crippen molar-refractivity contribution in [2.45, 2.75) is 17.3 Å². The molecule has 0 saturated carbocycles. The van der Waals surface area contributed by atoms with E-state index in [0.29, 0.717) is 9.76 Å². The number of hydrogen-bond acceptors (Lipinski definition) is 1. The predicted molar refractivity (Wildman–Crippen MR) is 42.0 cm³/mol. The summed E-state index contributed by atoms with van der Waals surface area (Å²) in [4.78, 5) is 0. The fraction of sp³-hybridized carbons (Fsp3) is 1.00. The molecule has 0 unspecified atom stereocenters. The fourth-order valence-electron chi connectivity index (χ4n) is 0.261. The topological polar surface area (TPSA) is 9.23 Å². The lowest BCUT2D eigenvalue weighted by molar-refractivity contribution is 0.335. The Labute approximate surface area is 69.2 Å². The van der Waals surface area contributed by atoms with Gasteiger partial charge in [0.25, 0.3) is 0 Å². The van der Waals surface area contributed by atoms with Gasteiger partial charge in [0.1, 0.15) is 0 Å². The SMILES string of the molecule is CCCO[Si]C([Si])([Si])[Si]. The average Bonchev–Trinajstić information content (AvgIpc) is 1.63. The molecule has 0 amide bonds. The molecule has 5 heteroatoms. The maximum Gasteiger partial charge on any atom is 0.225 e. The van der Waals surface area contributed by atoms with Gasteiger partial charge in [-0.15, -0.1) is 0 Å². The van der Waals surface area contributed by atoms with Gasteiger partial charge >= 0.3 is 0 Å². The summed E-state index contributed by atoms with van der Waals surface area (Å²) in [6.45, 7) is 2.90. The highest BCUT2D eigenvalue weighted by atomic mass is 28.4. The van der Waals surface area contributed by atoms with Gasteiger partial charge in [-0.3, -0.25) is 0 Å². The van der Waals surface area contributed by atoms with E-state index in [1.54, 1.807) is 0 Å². The monoisotopic (exact) mass is 183 g/mol. The van der Waals surface area contributed by atoms with Gasteiger partial charge in [0.15, 0.2) is 0 Å². The molecule has 0 aromatic heterocycles. The summed E-state index contributed by atoms with van der Waals surface area (Å²) in [5.74, 6) is 0. The second kappa shape index (κ2) is 4.61. The van der Waals surface area contributed by atoms with Crippen LogP contribution in [0.3, 0.4) is 0 Å². The zero-order valence-corrected chi connectivity index (χ0v) is 9.32. The second-order valence-corrected chi connectivity index (χ2v) is 8.19. The van der Waals surface area contributed by atoms with Crippen molar-refractivity contribution < 1.29 is 4.43 Å². The van der Waals surface area contributed by atoms with Crippen LogP contribution in [0.1, 0.15) is 13.3 Å². The smallest absolute Gasteiger partial charge is 0.225 e. The predicted octanol–water partition coefficient (Wildman–Crippen LogP) is -0.431. The van der Waals surface area contributed by atoms with Crippen molar-refractivity contribution in [3.63, 3.8) is 0 Å². The third-order valence-electron chi connectivity index (χ3n) is 0.531. The molecule has 0 bridgehead atoms. The van der Waals surface area contributed by atoms with E-state index in [1.807, 2.05) is 0 Å². The lowest BCUT2D eigenvalue weighted by Gasteiger charge is -2.13. The van der Waals surface area contributed by atoms with Crippen molar-refractivity contribution in [1.82, 2.24) is 0 Å². The van der Waals surface area contributed by atoms with Gasteiger partial charge < -0.3 is 4.43 Å². The van der Waals surface area contributed by atoms with Crippen LogP contribution in [0.25, 0.3) is 0 Å². The average molecular weight is 183 g/mol. The van der Waals surface area contributed by atoms with E-state index in [1.165, 1.54) is 0 Å². The van der Waals surface area contributed by atoms with Crippen molar-refractivity contribution in [2.24, 2.45) is 0 Å². The minimum Gasteiger partial charge on any atom is -0.418 e. The van der Waals surface area contributed by atoms with Crippen LogP contribution in [-0.2, 0) is 4.43 Å². The zero-order chi connectivity index (χ0) is 7.33. The van der Waals surface area contributed by atoms with Crippen LogP contribution < -0.4 is 0 Å². The summed E-state index contributed by atoms with van der Waals surface area (Å²) in [7, 11) is 10.5. The van der Waals surface area contributed by atoms with E-state index >= 15 is 0 Å². The lowest BCUT2D eigenvalue weighted by atomic mass is 10.5. The molecule has 0 N–H and O–H groups in total. The Morgan fingerprint density at radius 3 is 2.33 bits per heavy atom. The molecular formula is C4H7OSi4. The first-order valence-electron chi connectivity index (χ1n) is 2.70. The van der Waals surface area contributed by atoms with Crippen LogP contribution in [0, 0.1) is 0 Å². The molecule has 0 heterocycles. The van der Waals surface area contributed by atoms with Crippen molar-refractivity contribution >= 4 is 40.5 Å². The van der Waals surface area contributed by atoms with Crippen LogP contribution in [0.15, 0.2) is 0 Å². The van der Waals surface area contributed by atoms with Gasteiger partial charge in [-0.05, 0) is 10.3 Å². The Balaban J connectivity index is 3.07. The summed E-state index contributed by atoms with van der Waals surface area (Å²) in [6.07, 6.45) is 1.06. The van der Waals surface area contributed by atoms with E-state index in [2.05, 4.69) is 37.7 Å². The molecule has 0 atom stereocenters. The zero-order valence-electron chi connectivity index (χ0n) is 5.32. The molecular weight excluding hydrogens is 176 g/mol. The third kappa shape index (κ3) is 8.83. The summed E-state index contributed by atoms with van der Waals surface area (Å²) >= 11 is 0. The lowest BCUT2D eigenvalue weighted by Crippen LogP contribution is -2.24. The summed E-state index contributed by atoms with van der Waals surface area (Å²) < 4.78 is 5.00. The molecule has 0 aliphatic carbocycles. The van der Waals surface area contributed by atoms with Crippen LogP contribution in [0.2, 0.25) is 3.91 Å². The van der Waals surface area contributed by atoms with E-state index in [0.717, 1.165) is 13.0 Å². The molecule has 11 radical (unpaired) electrons. The van der Waals surface area contributed by atoms with Gasteiger partial charge in [-0.25, -0.2) is 0 Å². The molecule has 0 aromatic rings. The first kappa shape index (κ1) is 9.83. The standard InChI is InChI=1S/C4H7OSi4/c1-2-3-5-9-4(6,7)8/h2-3H2,1H3. The van der Waals surface area contributed by atoms with Crippen molar-refractivity contribution in [3.05, 3.63) is 0 Å². The molecule has 1 nitrogen and oxygen atoms in total. The molecule has 0 saturated heterocycles. The second-order valence-electron chi connectivity index (χ2n) is 1.70. The van der Waals surface area contributed by atoms with Gasteiger partial charge in [-0.2, -0.15) is 0 Å². The fourth-order valence-corrected chi connectivity index (χ4v) is 1.43. The summed E-state index contributed by atoms with van der Waals surface area (Å²) in [5, 5.41) is 0. The van der Waals surface area contributed by atoms with Crippen LogP contribution in [-0.4, -0.2) is 47.1 Å². The van der Waals surface area contributed by atoms with E-state index < -0.39 is 0 Å². The summed E-state index contributed by atoms with van der Waals surface area (Å²) in [5.41, 5.74) is 0. The Kier molecular flexibility index (Phi) is 5.04. The van der Waals surface area contributed by atoms with Crippen LogP contribution in [0.4, 0.5) is 0 Å². The first-order valence-corrected chi connectivity index (χ1v) is 5.11. The minimum atomic E-state index is -0.227. The van der Waals surface area contributed by atoms with Crippen LogP contribution >= 0.6 is 0 Å². The molecule has 45 valence electrons. The Morgan fingerprint density at radius 1 is 1.44 bits per heavy atom. The molecule has 0 fully saturated rings. The maximum atomic E-state index is 5.23. The molecule has 0 rings (SSSR count). The van der Waals surface area contributed by atoms with Gasteiger partial charge in [0, 0.05) is 37.3 Å². The number of rotatable bonds is 4. The van der Waals surface area contributed by atoms with Gasteiger partial charge in [0.2, 0.25) is 9.76 Å². The van der Waals surface area contributed by atoms with Gasteiger partial charge in [-0.1, -0.05) is 6.92 Å². The number of hydrogen-bond donors (Lipinski definition) is 0. The molecule has 0 spiro atoms. The highest BCUT2D eigenvalue weighted by Gasteiger charge is 2.12. The summed E-state index contributed by atoms with van der Waals surface area (Å²) in [6, 6.07) is 0. The maximum absolute atomic E-state index is 5.23. The third-order valence-corrected chi connectivity index (χ3v) is 2.10. The van der Waals surface area contributed by atoms with Crippen LogP contribution in [0.5, 0.6) is 0 Å². The first-order chi connectivity index (χ1) is 4.06.